The number of halogens is 2. The maximum Gasteiger partial charge on any atom is 0.291 e. The Kier molecular flexibility index (Phi) is 5.53. The first-order chi connectivity index (χ1) is 12.4. The molecule has 0 saturated carbocycles. The van der Waals surface area contributed by atoms with E-state index in [0.717, 1.165) is 18.5 Å². The van der Waals surface area contributed by atoms with E-state index in [1.54, 1.807) is 18.2 Å². The average Bonchev–Trinajstić information content (AvgIpc) is 2.97. The van der Waals surface area contributed by atoms with Crippen molar-refractivity contribution >= 4 is 40.7 Å². The molecule has 26 heavy (non-hydrogen) atoms. The van der Waals surface area contributed by atoms with E-state index in [1.165, 1.54) is 0 Å². The van der Waals surface area contributed by atoms with E-state index in [9.17, 15) is 9.59 Å². The molecule has 6 nitrogen and oxygen atoms in total. The van der Waals surface area contributed by atoms with Crippen molar-refractivity contribution in [2.75, 3.05) is 5.32 Å². The molecular weight excluding hydrogens is 375 g/mol. The van der Waals surface area contributed by atoms with Gasteiger partial charge in [0.1, 0.15) is 5.69 Å². The Morgan fingerprint density at radius 2 is 1.85 bits per heavy atom. The first-order valence-corrected chi connectivity index (χ1v) is 9.29. The van der Waals surface area contributed by atoms with Crippen molar-refractivity contribution in [3.05, 3.63) is 45.5 Å². The standard InChI is InChI=1S/C18H20Cl2N4O2/c1-10(2)21-17(25)15-13-8-3-4-9-24(13)16(22-15)18(26)23-14-11(19)6-5-7-12(14)20/h5-7,10H,3-4,8-9H2,1-2H3,(H,21,25)(H,23,26). The fourth-order valence-electron chi connectivity index (χ4n) is 3.02. The number of carbonyl (C=O) groups excluding carboxylic acids is 2. The van der Waals surface area contributed by atoms with Gasteiger partial charge < -0.3 is 15.2 Å². The highest BCUT2D eigenvalue weighted by Crippen LogP contribution is 2.30. The van der Waals surface area contributed by atoms with Crippen LogP contribution in [0, 0.1) is 0 Å². The highest BCUT2D eigenvalue weighted by Gasteiger charge is 2.28. The van der Waals surface area contributed by atoms with Crippen LogP contribution in [0.3, 0.4) is 0 Å². The van der Waals surface area contributed by atoms with Crippen molar-refractivity contribution in [2.45, 2.75) is 45.7 Å². The predicted octanol–water partition coefficient (Wildman–Crippen LogP) is 3.92. The van der Waals surface area contributed by atoms with Gasteiger partial charge in [0, 0.05) is 12.6 Å². The molecule has 1 aliphatic rings. The van der Waals surface area contributed by atoms with Gasteiger partial charge in [-0.05, 0) is 45.2 Å². The van der Waals surface area contributed by atoms with Gasteiger partial charge in [-0.2, -0.15) is 0 Å². The average molecular weight is 395 g/mol. The monoisotopic (exact) mass is 394 g/mol. The van der Waals surface area contributed by atoms with E-state index in [0.29, 0.717) is 34.4 Å². The summed E-state index contributed by atoms with van der Waals surface area (Å²) < 4.78 is 1.82. The predicted molar refractivity (Wildman–Crippen MR) is 102 cm³/mol. The summed E-state index contributed by atoms with van der Waals surface area (Å²) in [7, 11) is 0. The Labute approximate surface area is 161 Å². The van der Waals surface area contributed by atoms with Crippen LogP contribution in [-0.2, 0) is 13.0 Å². The smallest absolute Gasteiger partial charge is 0.291 e. The lowest BCUT2D eigenvalue weighted by molar-refractivity contribution is 0.0937. The van der Waals surface area contributed by atoms with E-state index in [1.807, 2.05) is 18.4 Å². The summed E-state index contributed by atoms with van der Waals surface area (Å²) in [6.45, 7) is 4.41. The number of anilines is 1. The zero-order valence-corrected chi connectivity index (χ0v) is 16.1. The van der Waals surface area contributed by atoms with Gasteiger partial charge in [0.15, 0.2) is 5.82 Å². The largest absolute Gasteiger partial charge is 0.348 e. The zero-order valence-electron chi connectivity index (χ0n) is 14.6. The fourth-order valence-corrected chi connectivity index (χ4v) is 3.51. The molecule has 0 bridgehead atoms. The second kappa shape index (κ2) is 7.68. The molecule has 1 aliphatic heterocycles. The van der Waals surface area contributed by atoms with E-state index in [4.69, 9.17) is 23.2 Å². The Bertz CT molecular complexity index is 841. The molecule has 138 valence electrons. The van der Waals surface area contributed by atoms with E-state index in [2.05, 4.69) is 15.6 Å². The summed E-state index contributed by atoms with van der Waals surface area (Å²) in [6.07, 6.45) is 2.61. The molecule has 0 saturated heterocycles. The fraction of sp³-hybridized carbons (Fsp3) is 0.389. The van der Waals surface area contributed by atoms with E-state index >= 15 is 0 Å². The SMILES string of the molecule is CC(C)NC(=O)c1nc(C(=O)Nc2c(Cl)cccc2Cl)n2c1CCCC2. The van der Waals surface area contributed by atoms with Gasteiger partial charge >= 0.3 is 0 Å². The van der Waals surface area contributed by atoms with Crippen LogP contribution in [0.15, 0.2) is 18.2 Å². The number of hydrogen-bond acceptors (Lipinski definition) is 3. The van der Waals surface area contributed by atoms with E-state index < -0.39 is 5.91 Å². The number of benzene rings is 1. The number of aromatic nitrogens is 2. The van der Waals surface area contributed by atoms with Crippen LogP contribution < -0.4 is 10.6 Å². The number of fused-ring (bicyclic) bond motifs is 1. The zero-order chi connectivity index (χ0) is 18.8. The number of nitrogens with one attached hydrogen (secondary N) is 2. The van der Waals surface area contributed by atoms with Gasteiger partial charge in [-0.25, -0.2) is 4.98 Å². The highest BCUT2D eigenvalue weighted by atomic mass is 35.5. The summed E-state index contributed by atoms with van der Waals surface area (Å²) in [5, 5.41) is 6.24. The van der Waals surface area contributed by atoms with Gasteiger partial charge in [0.2, 0.25) is 0 Å². The van der Waals surface area contributed by atoms with Crippen molar-refractivity contribution in [1.82, 2.24) is 14.9 Å². The Hall–Kier alpha value is -2.05. The number of nitrogens with zero attached hydrogens (tertiary/aromatic N) is 2. The molecular formula is C18H20Cl2N4O2. The summed E-state index contributed by atoms with van der Waals surface area (Å²) in [4.78, 5) is 29.6. The van der Waals surface area contributed by atoms with Crippen molar-refractivity contribution in [2.24, 2.45) is 0 Å². The van der Waals surface area contributed by atoms with Gasteiger partial charge in [0.05, 0.1) is 21.4 Å². The Balaban J connectivity index is 1.95. The van der Waals surface area contributed by atoms with Gasteiger partial charge in [-0.1, -0.05) is 29.3 Å². The molecule has 0 radical (unpaired) electrons. The third-order valence-corrected chi connectivity index (χ3v) is 4.79. The van der Waals surface area contributed by atoms with E-state index in [-0.39, 0.29) is 17.8 Å². The topological polar surface area (TPSA) is 76.0 Å². The molecule has 0 spiro atoms. The van der Waals surface area contributed by atoms with Crippen molar-refractivity contribution in [3.63, 3.8) is 0 Å². The van der Waals surface area contributed by atoms with Crippen LogP contribution in [0.2, 0.25) is 10.0 Å². The van der Waals surface area contributed by atoms with Crippen LogP contribution in [0.5, 0.6) is 0 Å². The maximum absolute atomic E-state index is 12.8. The van der Waals surface area contributed by atoms with Crippen molar-refractivity contribution in [1.29, 1.82) is 0 Å². The van der Waals surface area contributed by atoms with Crippen LogP contribution >= 0.6 is 23.2 Å². The maximum atomic E-state index is 12.8. The molecule has 0 aliphatic carbocycles. The molecule has 0 unspecified atom stereocenters. The Morgan fingerprint density at radius 1 is 1.15 bits per heavy atom. The van der Waals surface area contributed by atoms with Crippen molar-refractivity contribution in [3.8, 4) is 0 Å². The number of imidazole rings is 1. The van der Waals surface area contributed by atoms with Gasteiger partial charge in [0.25, 0.3) is 11.8 Å². The summed E-state index contributed by atoms with van der Waals surface area (Å²) in [5.41, 5.74) is 1.45. The second-order valence-electron chi connectivity index (χ2n) is 6.52. The lowest BCUT2D eigenvalue weighted by atomic mass is 10.1. The molecule has 0 atom stereocenters. The molecule has 2 heterocycles. The van der Waals surface area contributed by atoms with Gasteiger partial charge in [-0.3, -0.25) is 9.59 Å². The Morgan fingerprint density at radius 3 is 2.50 bits per heavy atom. The van der Waals surface area contributed by atoms with Crippen molar-refractivity contribution < 1.29 is 9.59 Å². The molecule has 8 heteroatoms. The summed E-state index contributed by atoms with van der Waals surface area (Å²) in [5.74, 6) is -0.503. The molecule has 2 aromatic rings. The normalized spacial score (nSPS) is 13.4. The number of carbonyl (C=O) groups is 2. The molecule has 1 aromatic carbocycles. The molecule has 3 rings (SSSR count). The summed E-state index contributed by atoms with van der Waals surface area (Å²) in [6, 6.07) is 4.98. The molecule has 2 amide bonds. The van der Waals surface area contributed by atoms with Crippen LogP contribution in [0.25, 0.3) is 0 Å². The van der Waals surface area contributed by atoms with Crippen LogP contribution in [0.1, 0.15) is 53.5 Å². The molecule has 2 N–H and O–H groups in total. The molecule has 0 fully saturated rings. The number of para-hydroxylation sites is 1. The third-order valence-electron chi connectivity index (χ3n) is 4.16. The quantitative estimate of drug-likeness (QED) is 0.824. The number of rotatable bonds is 4. The highest BCUT2D eigenvalue weighted by molar-refractivity contribution is 6.39. The number of amides is 2. The molecule has 1 aromatic heterocycles. The second-order valence-corrected chi connectivity index (χ2v) is 7.33. The van der Waals surface area contributed by atoms with Gasteiger partial charge in [-0.15, -0.1) is 0 Å². The third kappa shape index (κ3) is 3.71. The lowest BCUT2D eigenvalue weighted by Gasteiger charge is -2.17. The van der Waals surface area contributed by atoms with Crippen LogP contribution in [0.4, 0.5) is 5.69 Å². The van der Waals surface area contributed by atoms with Crippen LogP contribution in [-0.4, -0.2) is 27.4 Å². The summed E-state index contributed by atoms with van der Waals surface area (Å²) >= 11 is 12.3. The number of hydrogen-bond donors (Lipinski definition) is 2. The lowest BCUT2D eigenvalue weighted by Crippen LogP contribution is -2.31. The minimum absolute atomic E-state index is 0.0114. The minimum Gasteiger partial charge on any atom is -0.348 e. The first-order valence-electron chi connectivity index (χ1n) is 8.54. The first kappa shape index (κ1) is 18.7. The minimum atomic E-state index is -0.438.